The fourth-order valence-corrected chi connectivity index (χ4v) is 2.47. The molecule has 1 aromatic rings. The molecule has 19 heavy (non-hydrogen) atoms. The third kappa shape index (κ3) is 2.11. The van der Waals surface area contributed by atoms with E-state index in [0.29, 0.717) is 0 Å². The number of hydrazone groups is 1. The third-order valence-corrected chi connectivity index (χ3v) is 3.43. The number of aliphatic hydroxyl groups is 1. The SMILES string of the molecule is O=C1NN=C(c2cccc(CO)c2)C2CC=CC=C12. The van der Waals surface area contributed by atoms with Crippen LogP contribution in [0.5, 0.6) is 0 Å². The van der Waals surface area contributed by atoms with Gasteiger partial charge in [0.2, 0.25) is 0 Å². The molecule has 1 atom stereocenters. The van der Waals surface area contributed by atoms with E-state index in [9.17, 15) is 9.90 Å². The molecule has 1 amide bonds. The monoisotopic (exact) mass is 254 g/mol. The van der Waals surface area contributed by atoms with Crippen LogP contribution in [0.4, 0.5) is 0 Å². The maximum absolute atomic E-state index is 11.8. The zero-order chi connectivity index (χ0) is 13.2. The number of fused-ring (bicyclic) bond motifs is 1. The number of hydrogen-bond donors (Lipinski definition) is 2. The number of rotatable bonds is 2. The number of amides is 1. The van der Waals surface area contributed by atoms with Gasteiger partial charge in [-0.1, -0.05) is 36.4 Å². The second kappa shape index (κ2) is 4.82. The predicted octanol–water partition coefficient (Wildman–Crippen LogP) is 1.52. The smallest absolute Gasteiger partial charge is 0.267 e. The first-order valence-corrected chi connectivity index (χ1v) is 6.24. The molecule has 0 aromatic heterocycles. The molecule has 1 aromatic carbocycles. The summed E-state index contributed by atoms with van der Waals surface area (Å²) >= 11 is 0. The number of benzene rings is 1. The van der Waals surface area contributed by atoms with Gasteiger partial charge in [-0.25, -0.2) is 5.43 Å². The Morgan fingerprint density at radius 2 is 2.32 bits per heavy atom. The van der Waals surface area contributed by atoms with Crippen LogP contribution in [0.1, 0.15) is 17.5 Å². The molecule has 3 rings (SSSR count). The van der Waals surface area contributed by atoms with E-state index < -0.39 is 0 Å². The van der Waals surface area contributed by atoms with Crippen LogP contribution in [0.2, 0.25) is 0 Å². The Hall–Kier alpha value is -2.20. The van der Waals surface area contributed by atoms with Crippen molar-refractivity contribution in [2.75, 3.05) is 0 Å². The summed E-state index contributed by atoms with van der Waals surface area (Å²) in [6, 6.07) is 7.61. The Labute approximate surface area is 111 Å². The van der Waals surface area contributed by atoms with Crippen molar-refractivity contribution in [3.8, 4) is 0 Å². The lowest BCUT2D eigenvalue weighted by Crippen LogP contribution is -2.36. The quantitative estimate of drug-likeness (QED) is 0.840. The number of allylic oxidation sites excluding steroid dienone is 3. The molecule has 4 nitrogen and oxygen atoms in total. The molecular formula is C15H14N2O2. The molecule has 0 radical (unpaired) electrons. The van der Waals surface area contributed by atoms with Gasteiger partial charge >= 0.3 is 0 Å². The first kappa shape index (κ1) is 11.9. The highest BCUT2D eigenvalue weighted by molar-refractivity contribution is 6.12. The normalized spacial score (nSPS) is 21.3. The van der Waals surface area contributed by atoms with E-state index >= 15 is 0 Å². The highest BCUT2D eigenvalue weighted by atomic mass is 16.3. The van der Waals surface area contributed by atoms with Gasteiger partial charge in [0.15, 0.2) is 0 Å². The number of nitrogens with zero attached hydrogens (tertiary/aromatic N) is 1. The van der Waals surface area contributed by atoms with Crippen LogP contribution in [0, 0.1) is 5.92 Å². The van der Waals surface area contributed by atoms with Crippen LogP contribution < -0.4 is 5.43 Å². The lowest BCUT2D eigenvalue weighted by Gasteiger charge is -2.26. The minimum Gasteiger partial charge on any atom is -0.392 e. The molecule has 1 unspecified atom stereocenters. The van der Waals surface area contributed by atoms with E-state index in [0.717, 1.165) is 28.8 Å². The van der Waals surface area contributed by atoms with E-state index in [1.807, 2.05) is 42.5 Å². The second-order valence-electron chi connectivity index (χ2n) is 4.63. The van der Waals surface area contributed by atoms with Crippen LogP contribution in [0.3, 0.4) is 0 Å². The molecule has 1 aliphatic carbocycles. The largest absolute Gasteiger partial charge is 0.392 e. The topological polar surface area (TPSA) is 61.7 Å². The number of carbonyl (C=O) groups is 1. The van der Waals surface area contributed by atoms with E-state index in [1.165, 1.54) is 0 Å². The molecule has 0 bridgehead atoms. The van der Waals surface area contributed by atoms with Gasteiger partial charge in [0.1, 0.15) is 0 Å². The maximum atomic E-state index is 11.8. The van der Waals surface area contributed by atoms with Crippen LogP contribution in [0.15, 0.2) is 53.2 Å². The molecule has 96 valence electrons. The van der Waals surface area contributed by atoms with Crippen molar-refractivity contribution in [3.63, 3.8) is 0 Å². The van der Waals surface area contributed by atoms with E-state index in [4.69, 9.17) is 0 Å². The summed E-state index contributed by atoms with van der Waals surface area (Å²) in [6.07, 6.45) is 6.56. The standard InChI is InChI=1S/C15H14N2O2/c18-9-10-4-3-5-11(8-10)14-12-6-1-2-7-13(12)15(19)17-16-14/h1-5,7-8,12,18H,6,9H2,(H,17,19). The van der Waals surface area contributed by atoms with Crippen molar-refractivity contribution < 1.29 is 9.90 Å². The fraction of sp³-hybridized carbons (Fsp3) is 0.200. The van der Waals surface area contributed by atoms with Crippen LogP contribution >= 0.6 is 0 Å². The Morgan fingerprint density at radius 1 is 1.42 bits per heavy atom. The fourth-order valence-electron chi connectivity index (χ4n) is 2.47. The Balaban J connectivity index is 2.02. The lowest BCUT2D eigenvalue weighted by molar-refractivity contribution is -0.118. The molecule has 1 heterocycles. The van der Waals surface area contributed by atoms with Crippen molar-refractivity contribution in [2.45, 2.75) is 13.0 Å². The van der Waals surface area contributed by atoms with Gasteiger partial charge in [-0.2, -0.15) is 5.10 Å². The van der Waals surface area contributed by atoms with Gasteiger partial charge in [-0.05, 0) is 23.6 Å². The molecule has 0 spiro atoms. The van der Waals surface area contributed by atoms with Crippen LogP contribution in [-0.4, -0.2) is 16.7 Å². The summed E-state index contributed by atoms with van der Waals surface area (Å²) in [7, 11) is 0. The van der Waals surface area contributed by atoms with Crippen molar-refractivity contribution in [1.82, 2.24) is 5.43 Å². The summed E-state index contributed by atoms with van der Waals surface area (Å²) < 4.78 is 0. The third-order valence-electron chi connectivity index (χ3n) is 3.43. The molecule has 2 N–H and O–H groups in total. The van der Waals surface area contributed by atoms with Gasteiger partial charge in [-0.3, -0.25) is 4.79 Å². The summed E-state index contributed by atoms with van der Waals surface area (Å²) in [4.78, 5) is 11.8. The van der Waals surface area contributed by atoms with E-state index in [-0.39, 0.29) is 18.4 Å². The number of aliphatic hydroxyl groups excluding tert-OH is 1. The Kier molecular flexibility index (Phi) is 3.01. The minimum atomic E-state index is -0.128. The summed E-state index contributed by atoms with van der Waals surface area (Å²) in [5.74, 6) is -0.121. The van der Waals surface area contributed by atoms with Crippen molar-refractivity contribution >= 4 is 11.6 Å². The molecule has 0 saturated carbocycles. The summed E-state index contributed by atoms with van der Waals surface area (Å²) in [5, 5.41) is 13.4. The van der Waals surface area contributed by atoms with Crippen molar-refractivity contribution in [3.05, 3.63) is 59.2 Å². The minimum absolute atomic E-state index is 0.000739. The lowest BCUT2D eigenvalue weighted by atomic mass is 9.83. The summed E-state index contributed by atoms with van der Waals surface area (Å²) in [6.45, 7) is 0.000739. The first-order valence-electron chi connectivity index (χ1n) is 6.24. The first-order chi connectivity index (χ1) is 9.29. The van der Waals surface area contributed by atoms with Gasteiger partial charge in [0.25, 0.3) is 5.91 Å². The summed E-state index contributed by atoms with van der Waals surface area (Å²) in [5.41, 5.74) is 5.94. The maximum Gasteiger partial charge on any atom is 0.267 e. The van der Waals surface area contributed by atoms with Gasteiger partial charge in [0, 0.05) is 11.5 Å². The highest BCUT2D eigenvalue weighted by Crippen LogP contribution is 2.28. The van der Waals surface area contributed by atoms with Gasteiger partial charge < -0.3 is 5.11 Å². The van der Waals surface area contributed by atoms with Crippen molar-refractivity contribution in [2.24, 2.45) is 11.0 Å². The van der Waals surface area contributed by atoms with Crippen LogP contribution in [-0.2, 0) is 11.4 Å². The highest BCUT2D eigenvalue weighted by Gasteiger charge is 2.30. The zero-order valence-electron chi connectivity index (χ0n) is 10.3. The molecule has 0 fully saturated rings. The predicted molar refractivity (Wildman–Crippen MR) is 72.4 cm³/mol. The zero-order valence-corrected chi connectivity index (χ0v) is 10.3. The molecule has 1 aliphatic heterocycles. The Morgan fingerprint density at radius 3 is 3.16 bits per heavy atom. The van der Waals surface area contributed by atoms with Gasteiger partial charge in [0.05, 0.1) is 12.3 Å². The van der Waals surface area contributed by atoms with Crippen LogP contribution in [0.25, 0.3) is 0 Å². The average Bonchev–Trinajstić information content (AvgIpc) is 2.48. The molecule has 0 saturated heterocycles. The van der Waals surface area contributed by atoms with Crippen molar-refractivity contribution in [1.29, 1.82) is 0 Å². The molecular weight excluding hydrogens is 240 g/mol. The number of carbonyl (C=O) groups excluding carboxylic acids is 1. The Bertz CT molecular complexity index is 614. The van der Waals surface area contributed by atoms with E-state index in [1.54, 1.807) is 0 Å². The molecule has 4 heteroatoms. The number of hydrogen-bond acceptors (Lipinski definition) is 3. The average molecular weight is 254 g/mol. The number of nitrogens with one attached hydrogen (secondary N) is 1. The van der Waals surface area contributed by atoms with Gasteiger partial charge in [-0.15, -0.1) is 0 Å². The second-order valence-corrected chi connectivity index (χ2v) is 4.63. The van der Waals surface area contributed by atoms with E-state index in [2.05, 4.69) is 10.5 Å². The molecule has 2 aliphatic rings.